The zero-order valence-corrected chi connectivity index (χ0v) is 13.2. The predicted octanol–water partition coefficient (Wildman–Crippen LogP) is 4.74. The van der Waals surface area contributed by atoms with E-state index in [-0.39, 0.29) is 0 Å². The van der Waals surface area contributed by atoms with Crippen molar-refractivity contribution in [2.45, 2.75) is 32.4 Å². The number of rotatable bonds is 5. The Morgan fingerprint density at radius 1 is 1.19 bits per heavy atom. The third kappa shape index (κ3) is 4.10. The standard InChI is InChI=1S/C16H16Cl2N2O/c1-10-11(9-19-14-3-4-14)2-5-16(20-10)21-15-7-12(17)6-13(18)8-15/h2,5-8,14,19H,3-4,9H2,1H3. The van der Waals surface area contributed by atoms with Crippen LogP contribution >= 0.6 is 23.2 Å². The Bertz CT molecular complexity index is 636. The second kappa shape index (κ2) is 6.22. The predicted molar refractivity (Wildman–Crippen MR) is 85.4 cm³/mol. The average molecular weight is 323 g/mol. The van der Waals surface area contributed by atoms with Crippen LogP contribution in [0.25, 0.3) is 0 Å². The highest BCUT2D eigenvalue weighted by atomic mass is 35.5. The van der Waals surface area contributed by atoms with Gasteiger partial charge in [-0.05, 0) is 43.5 Å². The number of nitrogens with zero attached hydrogens (tertiary/aromatic N) is 1. The average Bonchev–Trinajstić information content (AvgIpc) is 3.20. The maximum Gasteiger partial charge on any atom is 0.219 e. The van der Waals surface area contributed by atoms with Crippen molar-refractivity contribution >= 4 is 23.2 Å². The van der Waals surface area contributed by atoms with Crippen LogP contribution in [0.2, 0.25) is 10.0 Å². The van der Waals surface area contributed by atoms with Gasteiger partial charge in [0, 0.05) is 34.4 Å². The van der Waals surface area contributed by atoms with Crippen molar-refractivity contribution in [2.75, 3.05) is 0 Å². The maximum absolute atomic E-state index is 5.96. The van der Waals surface area contributed by atoms with Crippen LogP contribution in [0.1, 0.15) is 24.1 Å². The first-order chi connectivity index (χ1) is 10.1. The monoisotopic (exact) mass is 322 g/mol. The van der Waals surface area contributed by atoms with Crippen LogP contribution in [0, 0.1) is 6.92 Å². The molecule has 1 fully saturated rings. The second-order valence-corrected chi connectivity index (χ2v) is 6.13. The number of pyridine rings is 1. The number of aromatic nitrogens is 1. The van der Waals surface area contributed by atoms with E-state index in [1.54, 1.807) is 18.2 Å². The Morgan fingerprint density at radius 2 is 1.90 bits per heavy atom. The van der Waals surface area contributed by atoms with Crippen LogP contribution in [0.5, 0.6) is 11.6 Å². The number of halogens is 2. The molecule has 3 rings (SSSR count). The minimum Gasteiger partial charge on any atom is -0.439 e. The van der Waals surface area contributed by atoms with Gasteiger partial charge in [-0.2, -0.15) is 0 Å². The number of ether oxygens (including phenoxy) is 1. The van der Waals surface area contributed by atoms with Crippen molar-refractivity contribution in [2.24, 2.45) is 0 Å². The molecule has 0 amide bonds. The van der Waals surface area contributed by atoms with Crippen molar-refractivity contribution < 1.29 is 4.74 Å². The highest BCUT2D eigenvalue weighted by Crippen LogP contribution is 2.28. The van der Waals surface area contributed by atoms with Crippen LogP contribution < -0.4 is 10.1 Å². The first kappa shape index (κ1) is 14.6. The largest absolute Gasteiger partial charge is 0.439 e. The maximum atomic E-state index is 5.96. The van der Waals surface area contributed by atoms with E-state index in [1.165, 1.54) is 18.4 Å². The van der Waals surface area contributed by atoms with Crippen molar-refractivity contribution in [3.05, 3.63) is 51.6 Å². The molecular formula is C16H16Cl2N2O. The zero-order valence-electron chi connectivity index (χ0n) is 11.7. The van der Waals surface area contributed by atoms with E-state index in [1.807, 2.05) is 19.1 Å². The smallest absolute Gasteiger partial charge is 0.219 e. The van der Waals surface area contributed by atoms with E-state index in [4.69, 9.17) is 27.9 Å². The quantitative estimate of drug-likeness (QED) is 0.863. The zero-order chi connectivity index (χ0) is 14.8. The molecule has 1 aliphatic carbocycles. The molecule has 5 heteroatoms. The lowest BCUT2D eigenvalue weighted by molar-refractivity contribution is 0.461. The molecule has 21 heavy (non-hydrogen) atoms. The Balaban J connectivity index is 1.71. The van der Waals surface area contributed by atoms with Gasteiger partial charge in [-0.15, -0.1) is 0 Å². The van der Waals surface area contributed by atoms with Crippen molar-refractivity contribution in [1.29, 1.82) is 0 Å². The summed E-state index contributed by atoms with van der Waals surface area (Å²) in [5, 5.41) is 4.56. The van der Waals surface area contributed by atoms with E-state index in [9.17, 15) is 0 Å². The van der Waals surface area contributed by atoms with Crippen molar-refractivity contribution in [1.82, 2.24) is 10.3 Å². The summed E-state index contributed by atoms with van der Waals surface area (Å²) < 4.78 is 5.71. The Labute approximate surface area is 134 Å². The van der Waals surface area contributed by atoms with E-state index in [0.717, 1.165) is 12.2 Å². The lowest BCUT2D eigenvalue weighted by Gasteiger charge is -2.10. The van der Waals surface area contributed by atoms with Crippen LogP contribution in [0.4, 0.5) is 0 Å². The summed E-state index contributed by atoms with van der Waals surface area (Å²) in [5.74, 6) is 1.13. The summed E-state index contributed by atoms with van der Waals surface area (Å²) in [7, 11) is 0. The SMILES string of the molecule is Cc1nc(Oc2cc(Cl)cc(Cl)c2)ccc1CNC1CC1. The number of hydrogen-bond acceptors (Lipinski definition) is 3. The molecule has 0 radical (unpaired) electrons. The fourth-order valence-electron chi connectivity index (χ4n) is 2.06. The van der Waals surface area contributed by atoms with E-state index < -0.39 is 0 Å². The number of nitrogens with one attached hydrogen (secondary N) is 1. The van der Waals surface area contributed by atoms with Crippen LogP contribution in [-0.4, -0.2) is 11.0 Å². The van der Waals surface area contributed by atoms with Gasteiger partial charge in [0.25, 0.3) is 0 Å². The fourth-order valence-corrected chi connectivity index (χ4v) is 2.57. The third-order valence-electron chi connectivity index (χ3n) is 3.39. The summed E-state index contributed by atoms with van der Waals surface area (Å²) in [6.45, 7) is 2.84. The molecule has 1 heterocycles. The molecule has 1 aliphatic rings. The molecule has 1 aromatic carbocycles. The highest BCUT2D eigenvalue weighted by Gasteiger charge is 2.20. The topological polar surface area (TPSA) is 34.1 Å². The van der Waals surface area contributed by atoms with Gasteiger partial charge in [-0.25, -0.2) is 4.98 Å². The van der Waals surface area contributed by atoms with Gasteiger partial charge in [0.05, 0.1) is 0 Å². The summed E-state index contributed by atoms with van der Waals surface area (Å²) in [6, 6.07) is 9.70. The van der Waals surface area contributed by atoms with Gasteiger partial charge in [-0.1, -0.05) is 29.3 Å². The van der Waals surface area contributed by atoms with Gasteiger partial charge in [0.1, 0.15) is 5.75 Å². The van der Waals surface area contributed by atoms with E-state index in [2.05, 4.69) is 10.3 Å². The second-order valence-electron chi connectivity index (χ2n) is 5.26. The molecule has 0 unspecified atom stereocenters. The molecular weight excluding hydrogens is 307 g/mol. The van der Waals surface area contributed by atoms with E-state index >= 15 is 0 Å². The fraction of sp³-hybridized carbons (Fsp3) is 0.312. The minimum absolute atomic E-state index is 0.541. The number of hydrogen-bond donors (Lipinski definition) is 1. The molecule has 0 aliphatic heterocycles. The van der Waals surface area contributed by atoms with Crippen LogP contribution in [-0.2, 0) is 6.54 Å². The molecule has 1 N–H and O–H groups in total. The molecule has 0 atom stereocenters. The van der Waals surface area contributed by atoms with Gasteiger partial charge >= 0.3 is 0 Å². The molecule has 2 aromatic rings. The highest BCUT2D eigenvalue weighted by molar-refractivity contribution is 6.34. The van der Waals surface area contributed by atoms with Gasteiger partial charge in [0.2, 0.25) is 5.88 Å². The Morgan fingerprint density at radius 3 is 2.52 bits per heavy atom. The molecule has 0 bridgehead atoms. The van der Waals surface area contributed by atoms with Crippen molar-refractivity contribution in [3.63, 3.8) is 0 Å². The van der Waals surface area contributed by atoms with Gasteiger partial charge in [-0.3, -0.25) is 0 Å². The van der Waals surface area contributed by atoms with Crippen molar-refractivity contribution in [3.8, 4) is 11.6 Å². The molecule has 3 nitrogen and oxygen atoms in total. The minimum atomic E-state index is 0.541. The normalized spacial score (nSPS) is 14.2. The number of aryl methyl sites for hydroxylation is 1. The lowest BCUT2D eigenvalue weighted by atomic mass is 10.2. The third-order valence-corrected chi connectivity index (χ3v) is 3.82. The summed E-state index contributed by atoms with van der Waals surface area (Å²) in [4.78, 5) is 4.48. The summed E-state index contributed by atoms with van der Waals surface area (Å²) in [5.41, 5.74) is 2.16. The molecule has 0 spiro atoms. The molecule has 0 saturated heterocycles. The van der Waals surface area contributed by atoms with Crippen LogP contribution in [0.15, 0.2) is 30.3 Å². The molecule has 1 aromatic heterocycles. The van der Waals surface area contributed by atoms with Gasteiger partial charge in [0.15, 0.2) is 0 Å². The summed E-state index contributed by atoms with van der Waals surface area (Å²) >= 11 is 11.9. The van der Waals surface area contributed by atoms with E-state index in [0.29, 0.717) is 27.7 Å². The Kier molecular flexibility index (Phi) is 4.34. The summed E-state index contributed by atoms with van der Waals surface area (Å²) in [6.07, 6.45) is 2.56. The first-order valence-electron chi connectivity index (χ1n) is 6.94. The molecule has 1 saturated carbocycles. The first-order valence-corrected chi connectivity index (χ1v) is 7.69. The molecule has 110 valence electrons. The number of benzene rings is 1. The van der Waals surface area contributed by atoms with Gasteiger partial charge < -0.3 is 10.1 Å². The lowest BCUT2D eigenvalue weighted by Crippen LogP contribution is -2.16. The van der Waals surface area contributed by atoms with Crippen LogP contribution in [0.3, 0.4) is 0 Å². The Hall–Kier alpha value is -1.29.